The van der Waals surface area contributed by atoms with Crippen LogP contribution in [-0.4, -0.2) is 27.7 Å². The van der Waals surface area contributed by atoms with Gasteiger partial charge in [-0.05, 0) is 18.6 Å². The summed E-state index contributed by atoms with van der Waals surface area (Å²) >= 11 is 3.56. The van der Waals surface area contributed by atoms with Gasteiger partial charge in [0.25, 0.3) is 0 Å². The fourth-order valence-electron chi connectivity index (χ4n) is 2.45. The molecule has 0 spiro atoms. The molecule has 3 N–H and O–H groups in total. The van der Waals surface area contributed by atoms with Crippen molar-refractivity contribution in [2.45, 2.75) is 19.5 Å². The van der Waals surface area contributed by atoms with Crippen molar-refractivity contribution in [3.63, 3.8) is 0 Å². The Balaban J connectivity index is 1.88. The van der Waals surface area contributed by atoms with Gasteiger partial charge in [-0.2, -0.15) is 4.98 Å². The monoisotopic (exact) mass is 412 g/mol. The molecular formula is C20H21BrN4O. The third-order valence-electron chi connectivity index (χ3n) is 3.86. The fraction of sp³-hybridized carbons (Fsp3) is 0.200. The molecule has 0 aliphatic heterocycles. The average Bonchev–Trinajstić information content (AvgIpc) is 2.68. The largest absolute Gasteiger partial charge is 0.394 e. The zero-order valence-electron chi connectivity index (χ0n) is 14.5. The molecular weight excluding hydrogens is 392 g/mol. The molecule has 0 aliphatic carbocycles. The molecule has 2 aromatic carbocycles. The van der Waals surface area contributed by atoms with Crippen molar-refractivity contribution < 1.29 is 5.11 Å². The van der Waals surface area contributed by atoms with Crippen LogP contribution in [0.2, 0.25) is 0 Å². The molecule has 3 rings (SSSR count). The minimum Gasteiger partial charge on any atom is -0.394 e. The molecule has 26 heavy (non-hydrogen) atoms. The molecule has 0 aliphatic rings. The Labute approximate surface area is 161 Å². The molecule has 3 aromatic rings. The van der Waals surface area contributed by atoms with Crippen molar-refractivity contribution >= 4 is 27.7 Å². The SMILES string of the molecule is C[C@@H](CO)Nc1nc(NCc2ccccc2Br)cc(-c2ccccc2)n1. The van der Waals surface area contributed by atoms with Crippen LogP contribution >= 0.6 is 15.9 Å². The van der Waals surface area contributed by atoms with Crippen molar-refractivity contribution in [3.05, 3.63) is 70.7 Å². The van der Waals surface area contributed by atoms with Gasteiger partial charge < -0.3 is 15.7 Å². The maximum atomic E-state index is 9.30. The third kappa shape index (κ3) is 4.80. The van der Waals surface area contributed by atoms with Crippen LogP contribution in [0.1, 0.15) is 12.5 Å². The molecule has 134 valence electrons. The lowest BCUT2D eigenvalue weighted by molar-refractivity contribution is 0.281. The van der Waals surface area contributed by atoms with E-state index in [2.05, 4.69) is 42.6 Å². The predicted octanol–water partition coefficient (Wildman–Crippen LogP) is 4.31. The van der Waals surface area contributed by atoms with E-state index >= 15 is 0 Å². The highest BCUT2D eigenvalue weighted by atomic mass is 79.9. The van der Waals surface area contributed by atoms with Crippen LogP contribution in [0.5, 0.6) is 0 Å². The summed E-state index contributed by atoms with van der Waals surface area (Å²) in [6, 6.07) is 19.8. The zero-order valence-corrected chi connectivity index (χ0v) is 16.1. The van der Waals surface area contributed by atoms with Crippen LogP contribution in [-0.2, 0) is 6.54 Å². The number of halogens is 1. The van der Waals surface area contributed by atoms with Gasteiger partial charge in [-0.3, -0.25) is 0 Å². The quantitative estimate of drug-likeness (QED) is 0.539. The van der Waals surface area contributed by atoms with Crippen molar-refractivity contribution in [3.8, 4) is 11.3 Å². The van der Waals surface area contributed by atoms with Gasteiger partial charge in [0.2, 0.25) is 5.95 Å². The molecule has 6 heteroatoms. The maximum Gasteiger partial charge on any atom is 0.225 e. The molecule has 0 saturated carbocycles. The van der Waals surface area contributed by atoms with Gasteiger partial charge in [0.05, 0.1) is 12.3 Å². The van der Waals surface area contributed by atoms with Crippen molar-refractivity contribution in [2.75, 3.05) is 17.2 Å². The van der Waals surface area contributed by atoms with Gasteiger partial charge >= 0.3 is 0 Å². The molecule has 0 saturated heterocycles. The fourth-order valence-corrected chi connectivity index (χ4v) is 2.88. The van der Waals surface area contributed by atoms with Crippen molar-refractivity contribution in [2.24, 2.45) is 0 Å². The highest BCUT2D eigenvalue weighted by Crippen LogP contribution is 2.23. The lowest BCUT2D eigenvalue weighted by Gasteiger charge is -2.14. The Bertz CT molecular complexity index is 857. The summed E-state index contributed by atoms with van der Waals surface area (Å²) in [6.07, 6.45) is 0. The zero-order chi connectivity index (χ0) is 18.4. The predicted molar refractivity (Wildman–Crippen MR) is 109 cm³/mol. The first kappa shape index (κ1) is 18.4. The third-order valence-corrected chi connectivity index (χ3v) is 4.64. The Kier molecular flexibility index (Phi) is 6.20. The first-order valence-electron chi connectivity index (χ1n) is 8.45. The summed E-state index contributed by atoms with van der Waals surface area (Å²) in [5.41, 5.74) is 2.98. The molecule has 0 unspecified atom stereocenters. The Morgan fingerprint density at radius 3 is 2.50 bits per heavy atom. The van der Waals surface area contributed by atoms with E-state index in [0.717, 1.165) is 27.1 Å². The van der Waals surface area contributed by atoms with E-state index < -0.39 is 0 Å². The van der Waals surface area contributed by atoms with Crippen LogP contribution in [0.3, 0.4) is 0 Å². The molecule has 0 fully saturated rings. The number of anilines is 2. The summed E-state index contributed by atoms with van der Waals surface area (Å²) < 4.78 is 1.05. The van der Waals surface area contributed by atoms with Crippen molar-refractivity contribution in [1.29, 1.82) is 0 Å². The number of aliphatic hydroxyl groups excluding tert-OH is 1. The highest BCUT2D eigenvalue weighted by molar-refractivity contribution is 9.10. The number of nitrogens with one attached hydrogen (secondary N) is 2. The summed E-state index contributed by atoms with van der Waals surface area (Å²) in [4.78, 5) is 9.11. The second-order valence-electron chi connectivity index (χ2n) is 6.00. The van der Waals surface area contributed by atoms with Crippen LogP contribution in [0, 0.1) is 0 Å². The average molecular weight is 413 g/mol. The summed E-state index contributed by atoms with van der Waals surface area (Å²) in [5, 5.41) is 15.8. The Morgan fingerprint density at radius 1 is 1.04 bits per heavy atom. The van der Waals surface area contributed by atoms with Gasteiger partial charge in [-0.25, -0.2) is 4.98 Å². The van der Waals surface area contributed by atoms with E-state index in [9.17, 15) is 5.11 Å². The second kappa shape index (κ2) is 8.78. The van der Waals surface area contributed by atoms with Crippen LogP contribution in [0.4, 0.5) is 11.8 Å². The van der Waals surface area contributed by atoms with Gasteiger partial charge in [0, 0.05) is 28.7 Å². The minimum absolute atomic E-state index is 0.0125. The molecule has 1 aromatic heterocycles. The van der Waals surface area contributed by atoms with Crippen molar-refractivity contribution in [1.82, 2.24) is 9.97 Å². The molecule has 0 bridgehead atoms. The number of aliphatic hydroxyl groups is 1. The van der Waals surface area contributed by atoms with E-state index in [1.165, 1.54) is 0 Å². The Hall–Kier alpha value is -2.44. The van der Waals surface area contributed by atoms with E-state index in [0.29, 0.717) is 12.5 Å². The molecule has 1 atom stereocenters. The first-order chi connectivity index (χ1) is 12.7. The normalized spacial score (nSPS) is 11.8. The number of rotatable bonds is 7. The summed E-state index contributed by atoms with van der Waals surface area (Å²) in [5.74, 6) is 1.21. The van der Waals surface area contributed by atoms with Gasteiger partial charge in [-0.1, -0.05) is 64.5 Å². The van der Waals surface area contributed by atoms with Gasteiger partial charge in [-0.15, -0.1) is 0 Å². The smallest absolute Gasteiger partial charge is 0.225 e. The van der Waals surface area contributed by atoms with Crippen LogP contribution < -0.4 is 10.6 Å². The van der Waals surface area contributed by atoms with E-state index in [1.54, 1.807) is 0 Å². The lowest BCUT2D eigenvalue weighted by atomic mass is 10.1. The molecule has 1 heterocycles. The number of nitrogens with zero attached hydrogens (tertiary/aromatic N) is 2. The number of hydrogen-bond donors (Lipinski definition) is 3. The summed E-state index contributed by atoms with van der Waals surface area (Å²) in [6.45, 7) is 2.53. The standard InChI is InChI=1S/C20H21BrN4O/c1-14(13-26)23-20-24-18(15-7-3-2-4-8-15)11-19(25-20)22-12-16-9-5-6-10-17(16)21/h2-11,14,26H,12-13H2,1H3,(H2,22,23,24,25)/t14-/m0/s1. The first-order valence-corrected chi connectivity index (χ1v) is 9.24. The number of hydrogen-bond acceptors (Lipinski definition) is 5. The van der Waals surface area contributed by atoms with E-state index in [-0.39, 0.29) is 12.6 Å². The van der Waals surface area contributed by atoms with E-state index in [4.69, 9.17) is 0 Å². The summed E-state index contributed by atoms with van der Waals surface area (Å²) in [7, 11) is 0. The Morgan fingerprint density at radius 2 is 1.77 bits per heavy atom. The number of benzene rings is 2. The van der Waals surface area contributed by atoms with Gasteiger partial charge in [0.1, 0.15) is 5.82 Å². The molecule has 0 radical (unpaired) electrons. The van der Waals surface area contributed by atoms with Crippen LogP contribution in [0.15, 0.2) is 65.1 Å². The highest BCUT2D eigenvalue weighted by Gasteiger charge is 2.09. The molecule has 5 nitrogen and oxygen atoms in total. The lowest BCUT2D eigenvalue weighted by Crippen LogP contribution is -2.21. The maximum absolute atomic E-state index is 9.30. The minimum atomic E-state index is -0.128. The van der Waals surface area contributed by atoms with E-state index in [1.807, 2.05) is 61.5 Å². The number of aromatic nitrogens is 2. The second-order valence-corrected chi connectivity index (χ2v) is 6.86. The molecule has 0 amide bonds. The van der Waals surface area contributed by atoms with Crippen LogP contribution in [0.25, 0.3) is 11.3 Å². The topological polar surface area (TPSA) is 70.1 Å². The van der Waals surface area contributed by atoms with Gasteiger partial charge in [0.15, 0.2) is 0 Å².